The van der Waals surface area contributed by atoms with Gasteiger partial charge in [-0.15, -0.1) is 10.2 Å². The number of rotatable bonds is 3. The summed E-state index contributed by atoms with van der Waals surface area (Å²) in [5, 5.41) is 10.6. The molecule has 2 aromatic rings. The van der Waals surface area contributed by atoms with Crippen LogP contribution in [0.1, 0.15) is 29.6 Å². The molecule has 1 amide bonds. The van der Waals surface area contributed by atoms with Crippen molar-refractivity contribution in [3.05, 3.63) is 54.6 Å². The number of aromatic nitrogens is 3. The number of hydrogen-bond donors (Lipinski definition) is 1. The molecule has 0 radical (unpaired) electrons. The van der Waals surface area contributed by atoms with Gasteiger partial charge in [0, 0.05) is 6.04 Å². The van der Waals surface area contributed by atoms with E-state index in [1.165, 1.54) is 0 Å². The Bertz CT molecular complexity index is 619. The number of allylic oxidation sites excluding steroid dienone is 1. The second-order valence-corrected chi connectivity index (χ2v) is 4.83. The number of benzene rings is 1. The molecular formula is C15H16N4O. The summed E-state index contributed by atoms with van der Waals surface area (Å²) >= 11 is 0. The van der Waals surface area contributed by atoms with Gasteiger partial charge in [0.1, 0.15) is 12.7 Å². The number of carbonyl (C=O) groups excluding carboxylic acids is 1. The van der Waals surface area contributed by atoms with Crippen LogP contribution in [0.3, 0.4) is 0 Å². The maximum atomic E-state index is 12.4. The van der Waals surface area contributed by atoms with E-state index in [1.807, 2.05) is 24.3 Å². The zero-order chi connectivity index (χ0) is 13.8. The summed E-state index contributed by atoms with van der Waals surface area (Å²) in [5.74, 6) is -0.0640. The third kappa shape index (κ3) is 2.61. The molecule has 5 heteroatoms. The van der Waals surface area contributed by atoms with Gasteiger partial charge in [0.25, 0.3) is 5.91 Å². The summed E-state index contributed by atoms with van der Waals surface area (Å²) in [6.07, 6.45) is 10.6. The van der Waals surface area contributed by atoms with E-state index in [2.05, 4.69) is 27.7 Å². The van der Waals surface area contributed by atoms with Crippen LogP contribution in [0.15, 0.2) is 49.1 Å². The first-order chi connectivity index (χ1) is 9.84. The molecule has 3 rings (SSSR count). The van der Waals surface area contributed by atoms with Gasteiger partial charge in [-0.3, -0.25) is 9.36 Å². The summed E-state index contributed by atoms with van der Waals surface area (Å²) in [7, 11) is 0. The number of carbonyl (C=O) groups is 1. The van der Waals surface area contributed by atoms with Crippen molar-refractivity contribution in [3.8, 4) is 5.69 Å². The summed E-state index contributed by atoms with van der Waals surface area (Å²) in [4.78, 5) is 12.4. The fourth-order valence-electron chi connectivity index (χ4n) is 2.39. The largest absolute Gasteiger partial charge is 0.346 e. The molecule has 1 heterocycles. The second-order valence-electron chi connectivity index (χ2n) is 4.83. The minimum absolute atomic E-state index is 0.0640. The predicted octanol–water partition coefficient (Wildman–Crippen LogP) is 2.11. The predicted molar refractivity (Wildman–Crippen MR) is 75.6 cm³/mol. The Balaban J connectivity index is 1.84. The summed E-state index contributed by atoms with van der Waals surface area (Å²) in [6.45, 7) is 0. The number of amides is 1. The SMILES string of the molecule is O=C(NC1C=CCCC1)c1ccccc1-n1cnnc1. The van der Waals surface area contributed by atoms with Gasteiger partial charge in [-0.25, -0.2) is 0 Å². The molecule has 1 unspecified atom stereocenters. The van der Waals surface area contributed by atoms with E-state index in [0.29, 0.717) is 5.56 Å². The monoisotopic (exact) mass is 268 g/mol. The summed E-state index contributed by atoms with van der Waals surface area (Å²) < 4.78 is 1.74. The molecule has 0 bridgehead atoms. The topological polar surface area (TPSA) is 59.8 Å². The van der Waals surface area contributed by atoms with Crippen molar-refractivity contribution < 1.29 is 4.79 Å². The average Bonchev–Trinajstić information content (AvgIpc) is 3.02. The van der Waals surface area contributed by atoms with Crippen LogP contribution in [0.2, 0.25) is 0 Å². The van der Waals surface area contributed by atoms with E-state index < -0.39 is 0 Å². The standard InChI is InChI=1S/C15H16N4O/c20-15(18-12-6-2-1-3-7-12)13-8-4-5-9-14(13)19-10-16-17-11-19/h2,4-6,8-12H,1,3,7H2,(H,18,20). The first-order valence-corrected chi connectivity index (χ1v) is 6.76. The molecule has 0 fully saturated rings. The van der Waals surface area contributed by atoms with Crippen LogP contribution >= 0.6 is 0 Å². The third-order valence-electron chi connectivity index (χ3n) is 3.42. The van der Waals surface area contributed by atoms with Crippen LogP contribution in [-0.2, 0) is 0 Å². The molecule has 1 aromatic heterocycles. The molecule has 102 valence electrons. The number of nitrogens with zero attached hydrogens (tertiary/aromatic N) is 3. The molecule has 1 aliphatic carbocycles. The molecule has 5 nitrogen and oxygen atoms in total. The maximum Gasteiger partial charge on any atom is 0.253 e. The highest BCUT2D eigenvalue weighted by molar-refractivity contribution is 5.98. The quantitative estimate of drug-likeness (QED) is 0.867. The van der Waals surface area contributed by atoms with Crippen molar-refractivity contribution in [2.24, 2.45) is 0 Å². The number of para-hydroxylation sites is 1. The van der Waals surface area contributed by atoms with Crippen molar-refractivity contribution in [1.29, 1.82) is 0 Å². The van der Waals surface area contributed by atoms with Crippen molar-refractivity contribution >= 4 is 5.91 Å². The molecule has 1 atom stereocenters. The summed E-state index contributed by atoms with van der Waals surface area (Å²) in [6, 6.07) is 7.59. The van der Waals surface area contributed by atoms with Gasteiger partial charge in [-0.05, 0) is 31.4 Å². The van der Waals surface area contributed by atoms with E-state index in [9.17, 15) is 4.79 Å². The Morgan fingerprint density at radius 3 is 2.80 bits per heavy atom. The second kappa shape index (κ2) is 5.69. The van der Waals surface area contributed by atoms with Crippen LogP contribution in [0, 0.1) is 0 Å². The van der Waals surface area contributed by atoms with Gasteiger partial charge in [0.05, 0.1) is 11.3 Å². The van der Waals surface area contributed by atoms with Gasteiger partial charge < -0.3 is 5.32 Å². The van der Waals surface area contributed by atoms with E-state index in [1.54, 1.807) is 17.2 Å². The summed E-state index contributed by atoms with van der Waals surface area (Å²) in [5.41, 5.74) is 1.42. The van der Waals surface area contributed by atoms with E-state index in [-0.39, 0.29) is 11.9 Å². The molecular weight excluding hydrogens is 252 g/mol. The first-order valence-electron chi connectivity index (χ1n) is 6.76. The fraction of sp³-hybridized carbons (Fsp3) is 0.267. The third-order valence-corrected chi connectivity index (χ3v) is 3.42. The molecule has 1 N–H and O–H groups in total. The van der Waals surface area contributed by atoms with Gasteiger partial charge in [0.2, 0.25) is 0 Å². The molecule has 0 spiro atoms. The Hall–Kier alpha value is -2.43. The first kappa shape index (κ1) is 12.6. The molecule has 1 aliphatic rings. The van der Waals surface area contributed by atoms with Crippen molar-refractivity contribution in [2.75, 3.05) is 0 Å². The molecule has 0 saturated carbocycles. The van der Waals surface area contributed by atoms with Crippen LogP contribution < -0.4 is 5.32 Å². The molecule has 20 heavy (non-hydrogen) atoms. The Labute approximate surface area is 117 Å². The minimum atomic E-state index is -0.0640. The van der Waals surface area contributed by atoms with E-state index in [4.69, 9.17) is 0 Å². The van der Waals surface area contributed by atoms with Crippen LogP contribution in [0.4, 0.5) is 0 Å². The van der Waals surface area contributed by atoms with Gasteiger partial charge >= 0.3 is 0 Å². The lowest BCUT2D eigenvalue weighted by atomic mass is 10.0. The highest BCUT2D eigenvalue weighted by Crippen LogP contribution is 2.15. The fourth-order valence-corrected chi connectivity index (χ4v) is 2.39. The average molecular weight is 268 g/mol. The Kier molecular flexibility index (Phi) is 3.58. The Morgan fingerprint density at radius 2 is 2.05 bits per heavy atom. The minimum Gasteiger partial charge on any atom is -0.346 e. The maximum absolute atomic E-state index is 12.4. The molecule has 1 aromatic carbocycles. The van der Waals surface area contributed by atoms with Crippen molar-refractivity contribution in [2.45, 2.75) is 25.3 Å². The van der Waals surface area contributed by atoms with Gasteiger partial charge in [-0.1, -0.05) is 24.3 Å². The van der Waals surface area contributed by atoms with Crippen molar-refractivity contribution in [1.82, 2.24) is 20.1 Å². The van der Waals surface area contributed by atoms with Crippen LogP contribution in [-0.4, -0.2) is 26.7 Å². The van der Waals surface area contributed by atoms with Gasteiger partial charge in [0.15, 0.2) is 0 Å². The number of hydrogen-bond acceptors (Lipinski definition) is 3. The normalized spacial score (nSPS) is 17.9. The Morgan fingerprint density at radius 1 is 1.25 bits per heavy atom. The van der Waals surface area contributed by atoms with Crippen LogP contribution in [0.25, 0.3) is 5.69 Å². The zero-order valence-electron chi connectivity index (χ0n) is 11.1. The lowest BCUT2D eigenvalue weighted by Gasteiger charge is -2.19. The smallest absolute Gasteiger partial charge is 0.253 e. The highest BCUT2D eigenvalue weighted by Gasteiger charge is 2.16. The zero-order valence-corrected chi connectivity index (χ0v) is 11.1. The highest BCUT2D eigenvalue weighted by atomic mass is 16.1. The van der Waals surface area contributed by atoms with E-state index >= 15 is 0 Å². The lowest BCUT2D eigenvalue weighted by Crippen LogP contribution is -2.34. The van der Waals surface area contributed by atoms with Gasteiger partial charge in [-0.2, -0.15) is 0 Å². The van der Waals surface area contributed by atoms with Crippen LogP contribution in [0.5, 0.6) is 0 Å². The lowest BCUT2D eigenvalue weighted by molar-refractivity contribution is 0.0942. The molecule has 0 saturated heterocycles. The number of nitrogens with one attached hydrogen (secondary N) is 1. The molecule has 0 aliphatic heterocycles. The van der Waals surface area contributed by atoms with Crippen molar-refractivity contribution in [3.63, 3.8) is 0 Å². The van der Waals surface area contributed by atoms with E-state index in [0.717, 1.165) is 24.9 Å².